The first-order valence-electron chi connectivity index (χ1n) is 7.53. The predicted octanol–water partition coefficient (Wildman–Crippen LogP) is 1.55. The Labute approximate surface area is 215 Å². The largest absolute Gasteiger partial charge is 0.478 e. The van der Waals surface area contributed by atoms with Gasteiger partial charge >= 0.3 is 35.8 Å². The molecule has 2 aromatic rings. The molecule has 6 N–H and O–H groups in total. The summed E-state index contributed by atoms with van der Waals surface area (Å²) < 4.78 is 0. The Bertz CT molecular complexity index is 838. The van der Waals surface area contributed by atoms with Crippen LogP contribution in [0.4, 0.5) is 0 Å². The minimum absolute atomic E-state index is 0. The zero-order valence-electron chi connectivity index (χ0n) is 15.5. The molecule has 33 heavy (non-hydrogen) atoms. The van der Waals surface area contributed by atoms with Crippen molar-refractivity contribution in [3.05, 3.63) is 69.8 Å². The number of hydrogen-bond donors (Lipinski definition) is 6. The van der Waals surface area contributed by atoms with Gasteiger partial charge < -0.3 is 30.6 Å². The molecule has 0 aromatic heterocycles. The Morgan fingerprint density at radius 2 is 0.424 bits per heavy atom. The maximum absolute atomic E-state index is 10.6. The zero-order valence-corrected chi connectivity index (χ0v) is 18.3. The van der Waals surface area contributed by atoms with Crippen LogP contribution < -0.4 is 0 Å². The first kappa shape index (κ1) is 34.4. The summed E-state index contributed by atoms with van der Waals surface area (Å²) in [6, 6.07) is 5.40. The van der Waals surface area contributed by atoms with E-state index in [0.717, 1.165) is 36.4 Å². The van der Waals surface area contributed by atoms with Crippen LogP contribution in [-0.2, 0) is 51.2 Å². The number of carboxylic acids is 6. The zero-order chi connectivity index (χ0) is 23.2. The fraction of sp³-hybridized carbons (Fsp3) is 0. The Kier molecular flexibility index (Phi) is 15.4. The van der Waals surface area contributed by atoms with Gasteiger partial charge in [0.05, 0.1) is 33.4 Å². The van der Waals surface area contributed by atoms with Gasteiger partial charge in [-0.2, -0.15) is 0 Å². The molecule has 0 heterocycles. The third-order valence-corrected chi connectivity index (χ3v) is 3.35. The third-order valence-electron chi connectivity index (χ3n) is 3.35. The maximum Gasteiger partial charge on any atom is 0.335 e. The molecule has 0 bridgehead atoms. The molecule has 0 spiro atoms. The second-order valence-corrected chi connectivity index (χ2v) is 5.43. The summed E-state index contributed by atoms with van der Waals surface area (Å²) in [4.78, 5) is 63.4. The van der Waals surface area contributed by atoms with Gasteiger partial charge in [-0.25, -0.2) is 28.8 Å². The molecular weight excluding hydrogens is 599 g/mol. The second kappa shape index (κ2) is 14.8. The van der Waals surface area contributed by atoms with Crippen molar-refractivity contribution >= 4 is 35.8 Å². The molecule has 0 saturated carbocycles. The Morgan fingerprint density at radius 1 is 0.333 bits per heavy atom. The molecule has 0 aliphatic rings. The van der Waals surface area contributed by atoms with Crippen LogP contribution in [0.15, 0.2) is 36.4 Å². The summed E-state index contributed by atoms with van der Waals surface area (Å²) >= 11 is 0. The van der Waals surface area contributed by atoms with E-state index >= 15 is 0 Å². The average Bonchev–Trinajstić information content (AvgIpc) is 2.67. The van der Waals surface area contributed by atoms with Crippen LogP contribution in [0, 0.1) is 0 Å². The maximum atomic E-state index is 10.6. The van der Waals surface area contributed by atoms with Crippen LogP contribution in [0.2, 0.25) is 0 Å². The fourth-order valence-electron chi connectivity index (χ4n) is 2.00. The van der Waals surface area contributed by atoms with Gasteiger partial charge in [-0.15, -0.1) is 0 Å². The van der Waals surface area contributed by atoms with Crippen molar-refractivity contribution in [2.75, 3.05) is 0 Å². The van der Waals surface area contributed by atoms with Crippen molar-refractivity contribution in [3.63, 3.8) is 0 Å². The third kappa shape index (κ3) is 10.3. The van der Waals surface area contributed by atoms with Crippen molar-refractivity contribution in [3.8, 4) is 0 Å². The van der Waals surface area contributed by atoms with E-state index in [1.54, 1.807) is 0 Å². The van der Waals surface area contributed by atoms with Gasteiger partial charge in [0.15, 0.2) is 0 Å². The molecule has 0 aliphatic heterocycles. The molecule has 0 fully saturated rings. The molecule has 12 nitrogen and oxygen atoms in total. The number of hydrogen-bond acceptors (Lipinski definition) is 6. The SMILES string of the molecule is O=C(O)c1cc(C(=O)O)cc(C(=O)O)c1.O=C(O)c1cc(C(=O)O)cc(C(=O)O)c1.[Cu].[Cu].[Cu]. The summed E-state index contributed by atoms with van der Waals surface area (Å²) in [6.07, 6.45) is 0. The molecule has 2 rings (SSSR count). The van der Waals surface area contributed by atoms with Crippen LogP contribution in [0.1, 0.15) is 62.1 Å². The van der Waals surface area contributed by atoms with Crippen molar-refractivity contribution in [1.82, 2.24) is 0 Å². The summed E-state index contributed by atoms with van der Waals surface area (Å²) in [5.74, 6) is -8.25. The molecule has 15 heteroatoms. The first-order chi connectivity index (χ1) is 13.8. The summed E-state index contributed by atoms with van der Waals surface area (Å²) in [7, 11) is 0. The van der Waals surface area contributed by atoms with Crippen molar-refractivity contribution in [1.29, 1.82) is 0 Å². The first-order valence-corrected chi connectivity index (χ1v) is 7.53. The van der Waals surface area contributed by atoms with Crippen LogP contribution >= 0.6 is 0 Å². The minimum Gasteiger partial charge on any atom is -0.478 e. The van der Waals surface area contributed by atoms with Crippen molar-refractivity contribution < 1.29 is 111 Å². The quantitative estimate of drug-likeness (QED) is 0.256. The van der Waals surface area contributed by atoms with Gasteiger partial charge in [0.2, 0.25) is 0 Å². The summed E-state index contributed by atoms with van der Waals surface area (Å²) in [6.45, 7) is 0. The van der Waals surface area contributed by atoms with E-state index in [1.165, 1.54) is 0 Å². The van der Waals surface area contributed by atoms with Crippen molar-refractivity contribution in [2.24, 2.45) is 0 Å². The smallest absolute Gasteiger partial charge is 0.335 e. The van der Waals surface area contributed by atoms with Crippen LogP contribution in [0.3, 0.4) is 0 Å². The average molecular weight is 611 g/mol. The van der Waals surface area contributed by atoms with E-state index in [1.807, 2.05) is 0 Å². The predicted molar refractivity (Wildman–Crippen MR) is 94.6 cm³/mol. The number of aromatic carboxylic acids is 6. The molecule has 0 amide bonds. The Hall–Kier alpha value is -3.18. The van der Waals surface area contributed by atoms with E-state index in [9.17, 15) is 28.8 Å². The molecule has 0 unspecified atom stereocenters. The van der Waals surface area contributed by atoms with Gasteiger partial charge in [0, 0.05) is 51.2 Å². The van der Waals surface area contributed by atoms with E-state index in [-0.39, 0.29) is 84.6 Å². The van der Waals surface area contributed by atoms with Gasteiger partial charge in [-0.1, -0.05) is 0 Å². The number of benzene rings is 2. The van der Waals surface area contributed by atoms with Crippen LogP contribution in [0.25, 0.3) is 0 Å². The summed E-state index contributed by atoms with van der Waals surface area (Å²) in [5, 5.41) is 51.7. The number of rotatable bonds is 6. The van der Waals surface area contributed by atoms with Crippen LogP contribution in [-0.4, -0.2) is 66.5 Å². The number of carboxylic acid groups (broad SMARTS) is 6. The van der Waals surface area contributed by atoms with Gasteiger partial charge in [0.25, 0.3) is 0 Å². The van der Waals surface area contributed by atoms with Crippen molar-refractivity contribution in [2.45, 2.75) is 0 Å². The van der Waals surface area contributed by atoms with E-state index in [2.05, 4.69) is 0 Å². The van der Waals surface area contributed by atoms with Gasteiger partial charge in [-0.3, -0.25) is 0 Å². The second-order valence-electron chi connectivity index (χ2n) is 5.43. The molecular formula is C18H12Cu3O12. The standard InChI is InChI=1S/2C9H6O6.3Cu/c2*10-7(11)4-1-5(8(12)13)3-6(2-4)9(14)15;;;/h2*1-3H,(H,10,11)(H,12,13)(H,14,15);;;. The van der Waals surface area contributed by atoms with Gasteiger partial charge in [-0.05, 0) is 36.4 Å². The number of carbonyl (C=O) groups is 6. The monoisotopic (exact) mass is 609 g/mol. The van der Waals surface area contributed by atoms with E-state index in [0.29, 0.717) is 0 Å². The molecule has 0 aliphatic carbocycles. The topological polar surface area (TPSA) is 224 Å². The molecule has 3 radical (unpaired) electrons. The molecule has 2 aromatic carbocycles. The minimum atomic E-state index is -1.37. The van der Waals surface area contributed by atoms with Gasteiger partial charge in [0.1, 0.15) is 0 Å². The van der Waals surface area contributed by atoms with Crippen LogP contribution in [0.5, 0.6) is 0 Å². The van der Waals surface area contributed by atoms with E-state index < -0.39 is 35.8 Å². The molecule has 0 saturated heterocycles. The summed E-state index contributed by atoms with van der Waals surface area (Å²) in [5.41, 5.74) is -2.21. The Morgan fingerprint density at radius 3 is 0.485 bits per heavy atom. The normalized spacial score (nSPS) is 8.73. The molecule has 189 valence electrons. The Balaban J connectivity index is -0.000000500. The fourth-order valence-corrected chi connectivity index (χ4v) is 2.00. The molecule has 0 atom stereocenters. The van der Waals surface area contributed by atoms with E-state index in [4.69, 9.17) is 30.6 Å².